The summed E-state index contributed by atoms with van der Waals surface area (Å²) < 4.78 is 5.54. The first-order valence-corrected chi connectivity index (χ1v) is 9.00. The number of benzene rings is 1. The number of nitrogens with zero attached hydrogens (tertiary/aromatic N) is 2. The van der Waals surface area contributed by atoms with Crippen LogP contribution >= 0.6 is 0 Å². The molecule has 25 heavy (non-hydrogen) atoms. The molecule has 2 N–H and O–H groups in total. The van der Waals surface area contributed by atoms with Gasteiger partial charge in [-0.05, 0) is 31.0 Å². The monoisotopic (exact) mass is 348 g/mol. The van der Waals surface area contributed by atoms with Gasteiger partial charge in [-0.1, -0.05) is 31.9 Å². The largest absolute Gasteiger partial charge is 0.484 e. The molecule has 0 spiro atoms. The van der Waals surface area contributed by atoms with Gasteiger partial charge in [0, 0.05) is 27.2 Å². The lowest BCUT2D eigenvalue weighted by atomic mass is 10.2. The minimum Gasteiger partial charge on any atom is -0.484 e. The van der Waals surface area contributed by atoms with Crippen LogP contribution in [0.5, 0.6) is 5.75 Å². The Balaban J connectivity index is 2.57. The molecule has 6 nitrogen and oxygen atoms in total. The lowest BCUT2D eigenvalue weighted by molar-refractivity contribution is -0.130. The molecule has 0 fully saturated rings. The number of nitrogens with one attached hydrogen (secondary N) is 2. The van der Waals surface area contributed by atoms with E-state index in [1.807, 2.05) is 24.3 Å². The molecule has 6 heteroatoms. The molecule has 0 bridgehead atoms. The molecule has 0 heterocycles. The smallest absolute Gasteiger partial charge is 0.259 e. The first-order chi connectivity index (χ1) is 12.1. The van der Waals surface area contributed by atoms with Gasteiger partial charge in [0.1, 0.15) is 5.75 Å². The highest BCUT2D eigenvalue weighted by molar-refractivity contribution is 5.79. The number of carbonyl (C=O) groups excluding carboxylic acids is 1. The van der Waals surface area contributed by atoms with Crippen molar-refractivity contribution in [1.82, 2.24) is 15.5 Å². The highest BCUT2D eigenvalue weighted by Crippen LogP contribution is 2.14. The van der Waals surface area contributed by atoms with Crippen molar-refractivity contribution in [3.8, 4) is 5.75 Å². The molecule has 0 unspecified atom stereocenters. The summed E-state index contributed by atoms with van der Waals surface area (Å²) in [6.45, 7) is 6.61. The van der Waals surface area contributed by atoms with Crippen molar-refractivity contribution in [2.24, 2.45) is 4.99 Å². The Morgan fingerprint density at radius 2 is 2.00 bits per heavy atom. The molecule has 0 aliphatic heterocycles. The topological polar surface area (TPSA) is 66.0 Å². The van der Waals surface area contributed by atoms with Gasteiger partial charge in [0.2, 0.25) is 0 Å². The molecule has 140 valence electrons. The Morgan fingerprint density at radius 3 is 2.68 bits per heavy atom. The number of likely N-dealkylation sites (N-methyl/N-ethyl adjacent to an activating group) is 1. The highest BCUT2D eigenvalue weighted by atomic mass is 16.5. The van der Waals surface area contributed by atoms with E-state index in [2.05, 4.69) is 29.5 Å². The van der Waals surface area contributed by atoms with Gasteiger partial charge in [-0.25, -0.2) is 4.99 Å². The predicted octanol–water partition coefficient (Wildman–Crippen LogP) is 2.40. The zero-order valence-corrected chi connectivity index (χ0v) is 16.0. The molecule has 1 amide bonds. The van der Waals surface area contributed by atoms with Gasteiger partial charge in [0.25, 0.3) is 5.91 Å². The van der Waals surface area contributed by atoms with Gasteiger partial charge in [-0.2, -0.15) is 0 Å². The minimum absolute atomic E-state index is 0.0430. The van der Waals surface area contributed by atoms with Gasteiger partial charge >= 0.3 is 0 Å². The summed E-state index contributed by atoms with van der Waals surface area (Å²) in [6, 6.07) is 7.70. The van der Waals surface area contributed by atoms with E-state index in [0.29, 0.717) is 12.3 Å². The van der Waals surface area contributed by atoms with Crippen LogP contribution in [0.3, 0.4) is 0 Å². The normalized spacial score (nSPS) is 11.1. The minimum atomic E-state index is -0.0610. The van der Waals surface area contributed by atoms with E-state index in [4.69, 9.17) is 4.74 Å². The van der Waals surface area contributed by atoms with Crippen LogP contribution in [-0.4, -0.2) is 50.6 Å². The molecule has 1 aromatic carbocycles. The van der Waals surface area contributed by atoms with E-state index >= 15 is 0 Å². The second kappa shape index (κ2) is 12.2. The molecule has 0 atom stereocenters. The molecule has 0 aliphatic rings. The third-order valence-electron chi connectivity index (χ3n) is 3.60. The maximum Gasteiger partial charge on any atom is 0.259 e. The summed E-state index contributed by atoms with van der Waals surface area (Å²) in [6.07, 6.45) is 3.57. The van der Waals surface area contributed by atoms with Crippen LogP contribution in [0.25, 0.3) is 0 Å². The number of rotatable bonds is 10. The van der Waals surface area contributed by atoms with Crippen molar-refractivity contribution in [3.63, 3.8) is 0 Å². The Hall–Kier alpha value is -2.24. The summed E-state index contributed by atoms with van der Waals surface area (Å²) >= 11 is 0. The van der Waals surface area contributed by atoms with Crippen LogP contribution in [0.1, 0.15) is 38.7 Å². The van der Waals surface area contributed by atoms with Crippen LogP contribution in [0.2, 0.25) is 0 Å². The lowest BCUT2D eigenvalue weighted by Gasteiger charge is -2.12. The Kier molecular flexibility index (Phi) is 10.1. The first kappa shape index (κ1) is 20.8. The number of aliphatic imine (C=N–C) groups is 1. The third kappa shape index (κ3) is 8.98. The number of ether oxygens (including phenoxy) is 1. The fraction of sp³-hybridized carbons (Fsp3) is 0.579. The number of hydrogen-bond donors (Lipinski definition) is 2. The van der Waals surface area contributed by atoms with Crippen LogP contribution in [0.4, 0.5) is 0 Å². The average Bonchev–Trinajstić information content (AvgIpc) is 2.61. The number of amides is 1. The summed E-state index contributed by atoms with van der Waals surface area (Å²) in [4.78, 5) is 17.7. The van der Waals surface area contributed by atoms with E-state index in [9.17, 15) is 4.79 Å². The SMILES string of the molecule is CCCCCNC(=NCc1cccc(OCC(=O)N(C)C)c1)NCC. The highest BCUT2D eigenvalue weighted by Gasteiger charge is 2.05. The van der Waals surface area contributed by atoms with E-state index < -0.39 is 0 Å². The van der Waals surface area contributed by atoms with Crippen molar-refractivity contribution in [3.05, 3.63) is 29.8 Å². The number of hydrogen-bond acceptors (Lipinski definition) is 3. The molecule has 1 aromatic rings. The van der Waals surface area contributed by atoms with Crippen LogP contribution in [0.15, 0.2) is 29.3 Å². The summed E-state index contributed by atoms with van der Waals surface area (Å²) in [5.74, 6) is 1.45. The van der Waals surface area contributed by atoms with Gasteiger partial charge in [-0.15, -0.1) is 0 Å². The van der Waals surface area contributed by atoms with Crippen molar-refractivity contribution in [2.75, 3.05) is 33.8 Å². The van der Waals surface area contributed by atoms with Crippen molar-refractivity contribution < 1.29 is 9.53 Å². The van der Waals surface area contributed by atoms with E-state index in [1.165, 1.54) is 17.7 Å². The molecular formula is C19H32N4O2. The fourth-order valence-electron chi connectivity index (χ4n) is 2.10. The van der Waals surface area contributed by atoms with Crippen molar-refractivity contribution in [1.29, 1.82) is 0 Å². The molecule has 0 saturated heterocycles. The second-order valence-electron chi connectivity index (χ2n) is 6.05. The summed E-state index contributed by atoms with van der Waals surface area (Å²) in [5.41, 5.74) is 1.04. The maximum absolute atomic E-state index is 11.6. The summed E-state index contributed by atoms with van der Waals surface area (Å²) in [7, 11) is 3.43. The van der Waals surface area contributed by atoms with Crippen molar-refractivity contribution in [2.45, 2.75) is 39.7 Å². The first-order valence-electron chi connectivity index (χ1n) is 9.00. The maximum atomic E-state index is 11.6. The molecule has 1 rings (SSSR count). The number of carbonyl (C=O) groups is 1. The molecule has 0 aliphatic carbocycles. The standard InChI is InChI=1S/C19H32N4O2/c1-5-7-8-12-21-19(20-6-2)22-14-16-10-9-11-17(13-16)25-15-18(24)23(3)4/h9-11,13H,5-8,12,14-15H2,1-4H3,(H2,20,21,22). The number of guanidine groups is 1. The molecule has 0 radical (unpaired) electrons. The summed E-state index contributed by atoms with van der Waals surface area (Å²) in [5, 5.41) is 6.60. The van der Waals surface area contributed by atoms with E-state index in [1.54, 1.807) is 14.1 Å². The fourth-order valence-corrected chi connectivity index (χ4v) is 2.10. The predicted molar refractivity (Wildman–Crippen MR) is 103 cm³/mol. The van der Waals surface area contributed by atoms with Gasteiger partial charge < -0.3 is 20.3 Å². The molecule has 0 aromatic heterocycles. The van der Waals surface area contributed by atoms with Crippen LogP contribution < -0.4 is 15.4 Å². The van der Waals surface area contributed by atoms with Crippen LogP contribution in [-0.2, 0) is 11.3 Å². The Labute approximate surface area is 151 Å². The van der Waals surface area contributed by atoms with E-state index in [0.717, 1.165) is 31.0 Å². The van der Waals surface area contributed by atoms with Crippen molar-refractivity contribution >= 4 is 11.9 Å². The second-order valence-corrected chi connectivity index (χ2v) is 6.05. The molecule has 0 saturated carbocycles. The number of unbranched alkanes of at least 4 members (excludes halogenated alkanes) is 2. The van der Waals surface area contributed by atoms with Gasteiger partial charge in [0.15, 0.2) is 12.6 Å². The quantitative estimate of drug-likeness (QED) is 0.387. The zero-order valence-electron chi connectivity index (χ0n) is 16.0. The van der Waals surface area contributed by atoms with E-state index in [-0.39, 0.29) is 12.5 Å². The van der Waals surface area contributed by atoms with Gasteiger partial charge in [0.05, 0.1) is 6.54 Å². The molecular weight excluding hydrogens is 316 g/mol. The van der Waals surface area contributed by atoms with Crippen LogP contribution in [0, 0.1) is 0 Å². The third-order valence-corrected chi connectivity index (χ3v) is 3.60. The van der Waals surface area contributed by atoms with Gasteiger partial charge in [-0.3, -0.25) is 4.79 Å². The average molecular weight is 348 g/mol. The Morgan fingerprint density at radius 1 is 1.20 bits per heavy atom. The zero-order chi connectivity index (χ0) is 18.5. The lowest BCUT2D eigenvalue weighted by Crippen LogP contribution is -2.37. The Bertz CT molecular complexity index is 544.